The van der Waals surface area contributed by atoms with E-state index < -0.39 is 59.0 Å². The Morgan fingerprint density at radius 1 is 0.754 bits per heavy atom. The number of halogens is 3. The molecule has 372 valence electrons. The summed E-state index contributed by atoms with van der Waals surface area (Å²) >= 11 is 0. The van der Waals surface area contributed by atoms with E-state index in [2.05, 4.69) is 36.7 Å². The van der Waals surface area contributed by atoms with Crippen LogP contribution in [0.5, 0.6) is 0 Å². The molecule has 9 aliphatic rings. The minimum absolute atomic E-state index is 0.00355. The van der Waals surface area contributed by atoms with Crippen molar-refractivity contribution >= 4 is 5.91 Å². The second-order valence-corrected chi connectivity index (χ2v) is 21.4. The molecule has 6 saturated heterocycles. The normalized spacial score (nSPS) is 41.8. The van der Waals surface area contributed by atoms with E-state index in [0.717, 1.165) is 90.4 Å². The number of allylic oxidation sites excluding steroid dienone is 1. The lowest BCUT2D eigenvalue weighted by Crippen LogP contribution is -2.72. The van der Waals surface area contributed by atoms with Gasteiger partial charge in [0.15, 0.2) is 23.5 Å². The summed E-state index contributed by atoms with van der Waals surface area (Å²) in [6.45, 7) is 17.6. The van der Waals surface area contributed by atoms with Crippen molar-refractivity contribution in [3.05, 3.63) is 11.3 Å². The number of ether oxygens (including phenoxy) is 6. The van der Waals surface area contributed by atoms with Crippen LogP contribution < -0.4 is 21.7 Å². The number of alkyl halides is 3. The van der Waals surface area contributed by atoms with Gasteiger partial charge < -0.3 is 50.1 Å². The summed E-state index contributed by atoms with van der Waals surface area (Å²) in [5.41, 5.74) is 4.00. The van der Waals surface area contributed by atoms with E-state index in [1.807, 2.05) is 25.7 Å². The second-order valence-electron chi connectivity index (χ2n) is 21.4. The maximum Gasteiger partial charge on any atom is 0.449 e. The van der Waals surface area contributed by atoms with Gasteiger partial charge in [-0.05, 0) is 166 Å². The number of carbonyl (C=O) groups is 1. The summed E-state index contributed by atoms with van der Waals surface area (Å²) in [5, 5.41) is 9.87. The second kappa shape index (κ2) is 20.0. The van der Waals surface area contributed by atoms with Crippen LogP contribution in [0.4, 0.5) is 13.2 Å². The highest BCUT2D eigenvalue weighted by atomic mass is 19.4. The molecule has 65 heavy (non-hydrogen) atoms. The van der Waals surface area contributed by atoms with E-state index in [1.54, 1.807) is 0 Å². The first-order valence-electron chi connectivity index (χ1n) is 25.3. The molecule has 0 aromatic rings. The van der Waals surface area contributed by atoms with Gasteiger partial charge in [-0.15, -0.1) is 0 Å². The third-order valence-electron chi connectivity index (χ3n) is 16.9. The van der Waals surface area contributed by atoms with E-state index in [1.165, 1.54) is 0 Å². The molecular formula is C48H80F3N5O9. The first-order valence-corrected chi connectivity index (χ1v) is 25.3. The molecular weight excluding hydrogens is 848 g/mol. The Labute approximate surface area is 384 Å². The zero-order chi connectivity index (χ0) is 46.3. The van der Waals surface area contributed by atoms with E-state index >= 15 is 13.2 Å². The fourth-order valence-electron chi connectivity index (χ4n) is 13.3. The number of nitrogens with one attached hydrogen (secondary N) is 3. The summed E-state index contributed by atoms with van der Waals surface area (Å²) in [7, 11) is 0. The average Bonchev–Trinajstić information content (AvgIpc) is 3.31. The van der Waals surface area contributed by atoms with E-state index in [9.17, 15) is 4.79 Å². The topological polar surface area (TPSA) is 156 Å². The number of amides is 1. The average molecular weight is 928 g/mol. The number of nitrogens with two attached hydrogens (primary N) is 1. The smallest absolute Gasteiger partial charge is 0.449 e. The standard InChI is InChI=1S/C48H80F3N5O9/c1-31-14-16-38-34(40(48(49,50)51)59-41-46(38)35(31)17-19-43(4,60-41)63-46)29-56(30-39(57)55-26-12-25-54-23-8-7-22-53-24-11-21-52)27-9-10-28-58-45(6)33(3)37-15-13-32(2)36-18-20-44(5)61-42(62-45)47(36,37)65-64-44/h31-33,35-38,41-42,53-54H,7-30,52H2,1-6H3,(H,55,57)/t31-,32-,33-,35+,36+,37+,38+,41-,42+,43-,44-,45+,46-,47-/m1/s1. The van der Waals surface area contributed by atoms with Crippen LogP contribution in [-0.2, 0) is 43.0 Å². The first kappa shape index (κ1) is 49.8. The summed E-state index contributed by atoms with van der Waals surface area (Å²) in [5.74, 6) is -3.64. The van der Waals surface area contributed by atoms with Crippen molar-refractivity contribution in [2.24, 2.45) is 47.2 Å². The molecule has 14 atom stereocenters. The van der Waals surface area contributed by atoms with Crippen molar-refractivity contribution in [1.29, 1.82) is 0 Å². The molecule has 2 aliphatic carbocycles. The van der Waals surface area contributed by atoms with Gasteiger partial charge in [-0.1, -0.05) is 20.8 Å². The highest BCUT2D eigenvalue weighted by molar-refractivity contribution is 5.78. The molecule has 4 bridgehead atoms. The predicted octanol–water partition coefficient (Wildman–Crippen LogP) is 6.63. The number of nitrogens with zero attached hydrogens (tertiary/aromatic N) is 1. The molecule has 0 aromatic carbocycles. The Balaban J connectivity index is 0.916. The third kappa shape index (κ3) is 9.92. The van der Waals surface area contributed by atoms with Gasteiger partial charge in [-0.25, -0.2) is 9.78 Å². The van der Waals surface area contributed by atoms with Gasteiger partial charge in [0.25, 0.3) is 0 Å². The number of carbonyl (C=O) groups excluding carboxylic acids is 1. The largest absolute Gasteiger partial charge is 0.456 e. The van der Waals surface area contributed by atoms with Gasteiger partial charge in [-0.2, -0.15) is 13.2 Å². The summed E-state index contributed by atoms with van der Waals surface area (Å²) < 4.78 is 84.4. The highest BCUT2D eigenvalue weighted by Crippen LogP contribution is 2.65. The number of hydrogen-bond donors (Lipinski definition) is 4. The molecule has 7 heterocycles. The quantitative estimate of drug-likeness (QED) is 0.0679. The molecule has 17 heteroatoms. The lowest BCUT2D eigenvalue weighted by Gasteiger charge is -2.62. The molecule has 0 aromatic heterocycles. The minimum atomic E-state index is -4.75. The van der Waals surface area contributed by atoms with E-state index in [0.29, 0.717) is 57.8 Å². The molecule has 9 rings (SSSR count). The van der Waals surface area contributed by atoms with Crippen LogP contribution in [-0.4, -0.2) is 124 Å². The van der Waals surface area contributed by atoms with Gasteiger partial charge in [0.05, 0.1) is 13.2 Å². The summed E-state index contributed by atoms with van der Waals surface area (Å²) in [4.78, 5) is 27.8. The van der Waals surface area contributed by atoms with E-state index in [4.69, 9.17) is 43.9 Å². The lowest BCUT2D eigenvalue weighted by atomic mass is 9.57. The molecule has 1 amide bonds. The number of hydrogen-bond acceptors (Lipinski definition) is 13. The van der Waals surface area contributed by atoms with Gasteiger partial charge >= 0.3 is 6.18 Å². The maximum atomic E-state index is 15.1. The molecule has 7 aliphatic heterocycles. The van der Waals surface area contributed by atoms with Crippen molar-refractivity contribution in [2.45, 2.75) is 179 Å². The van der Waals surface area contributed by atoms with Crippen molar-refractivity contribution < 1.29 is 56.2 Å². The van der Waals surface area contributed by atoms with Crippen LogP contribution in [0.3, 0.4) is 0 Å². The third-order valence-corrected chi connectivity index (χ3v) is 16.9. The predicted molar refractivity (Wildman–Crippen MR) is 235 cm³/mol. The Morgan fingerprint density at radius 3 is 2.14 bits per heavy atom. The van der Waals surface area contributed by atoms with Gasteiger partial charge in [-0.3, -0.25) is 9.69 Å². The van der Waals surface area contributed by atoms with Crippen LogP contribution >= 0.6 is 0 Å². The summed E-state index contributed by atoms with van der Waals surface area (Å²) in [6, 6.07) is 0. The fraction of sp³-hybridized carbons (Fsp3) is 0.938. The zero-order valence-corrected chi connectivity index (χ0v) is 40.0. The van der Waals surface area contributed by atoms with Gasteiger partial charge in [0, 0.05) is 43.7 Å². The molecule has 2 saturated carbocycles. The van der Waals surface area contributed by atoms with Crippen LogP contribution in [0, 0.1) is 41.4 Å². The van der Waals surface area contributed by atoms with Crippen LogP contribution in [0.1, 0.15) is 131 Å². The summed E-state index contributed by atoms with van der Waals surface area (Å²) in [6.07, 6.45) is 4.87. The molecule has 8 fully saturated rings. The minimum Gasteiger partial charge on any atom is -0.456 e. The van der Waals surface area contributed by atoms with Gasteiger partial charge in [0.1, 0.15) is 5.60 Å². The Bertz CT molecular complexity index is 1680. The lowest BCUT2D eigenvalue weighted by molar-refractivity contribution is -0.585. The molecule has 2 spiro atoms. The zero-order valence-electron chi connectivity index (χ0n) is 40.0. The first-order chi connectivity index (χ1) is 31.0. The number of unbranched alkanes of at least 4 members (excludes halogenated alkanes) is 2. The Kier molecular flexibility index (Phi) is 15.3. The van der Waals surface area contributed by atoms with E-state index in [-0.39, 0.29) is 54.2 Å². The van der Waals surface area contributed by atoms with Crippen molar-refractivity contribution in [3.8, 4) is 0 Å². The molecule has 0 radical (unpaired) electrons. The van der Waals surface area contributed by atoms with Gasteiger partial charge in [0.2, 0.25) is 23.7 Å². The van der Waals surface area contributed by atoms with Crippen LogP contribution in [0.15, 0.2) is 11.3 Å². The van der Waals surface area contributed by atoms with Crippen molar-refractivity contribution in [2.75, 3.05) is 65.5 Å². The molecule has 0 unspecified atom stereocenters. The van der Waals surface area contributed by atoms with Crippen molar-refractivity contribution in [3.63, 3.8) is 0 Å². The highest BCUT2D eigenvalue weighted by Gasteiger charge is 2.73. The van der Waals surface area contributed by atoms with Crippen molar-refractivity contribution in [1.82, 2.24) is 20.9 Å². The Morgan fingerprint density at radius 2 is 1.42 bits per heavy atom. The number of rotatable bonds is 22. The molecule has 5 N–H and O–H groups in total. The monoisotopic (exact) mass is 928 g/mol. The molecule has 14 nitrogen and oxygen atoms in total. The number of fused-ring (bicyclic) bond motifs is 3. The maximum absolute atomic E-state index is 15.1. The van der Waals surface area contributed by atoms with Crippen LogP contribution in [0.2, 0.25) is 0 Å². The van der Waals surface area contributed by atoms with Crippen LogP contribution in [0.25, 0.3) is 0 Å². The Hall–Kier alpha value is -1.64. The SMILES string of the molecule is C[C@@H]1CC[C@H]2[C@@H](C)[C@@](C)(OCCCCN(CC(=O)NCCCNCCCCNCCCN)CC3=C(C(F)(F)F)O[C@@H]4O[C@@]5(C)CC[C@H]6[C@H](C)CC[C@@H]3[C@@]46O5)O[C@@H]3O[C@@]4(C)CC[C@@H]1[C@]32OO4. The fourth-order valence-corrected chi connectivity index (χ4v) is 13.3.